The Hall–Kier alpha value is -1.05. The lowest BCUT2D eigenvalue weighted by atomic mass is 10.2. The molecule has 1 atom stereocenters. The van der Waals surface area contributed by atoms with Gasteiger partial charge in [-0.1, -0.05) is 13.0 Å². The Balaban J connectivity index is 2.63. The third-order valence-electron chi connectivity index (χ3n) is 1.85. The van der Waals surface area contributed by atoms with Gasteiger partial charge in [0, 0.05) is 23.7 Å². The van der Waals surface area contributed by atoms with Crippen LogP contribution in [-0.4, -0.2) is 16.8 Å². The third-order valence-corrected chi connectivity index (χ3v) is 3.09. The molecule has 0 aliphatic heterocycles. The standard InChI is InChI=1S/C10H13N3S/c1-8(5-11)14-7-9-3-2-4-13-10(9)6-12/h2-4,8H,5,7,11H2,1H3. The van der Waals surface area contributed by atoms with Gasteiger partial charge in [0.25, 0.3) is 0 Å². The number of nitrogens with zero attached hydrogens (tertiary/aromatic N) is 2. The summed E-state index contributed by atoms with van der Waals surface area (Å²) in [4.78, 5) is 4.00. The van der Waals surface area contributed by atoms with Crippen molar-refractivity contribution < 1.29 is 0 Å². The number of hydrogen-bond acceptors (Lipinski definition) is 4. The second-order valence-electron chi connectivity index (χ2n) is 2.98. The molecule has 4 heteroatoms. The average Bonchev–Trinajstić information content (AvgIpc) is 2.26. The molecule has 0 bridgehead atoms. The van der Waals surface area contributed by atoms with Crippen molar-refractivity contribution in [1.82, 2.24) is 4.98 Å². The molecule has 0 amide bonds. The van der Waals surface area contributed by atoms with Crippen molar-refractivity contribution in [3.63, 3.8) is 0 Å². The Morgan fingerprint density at radius 3 is 3.14 bits per heavy atom. The molecule has 74 valence electrons. The van der Waals surface area contributed by atoms with E-state index in [-0.39, 0.29) is 0 Å². The number of rotatable bonds is 4. The molecule has 0 radical (unpaired) electrons. The van der Waals surface area contributed by atoms with Gasteiger partial charge in [-0.3, -0.25) is 0 Å². The van der Waals surface area contributed by atoms with Gasteiger partial charge >= 0.3 is 0 Å². The SMILES string of the molecule is CC(CN)SCc1cccnc1C#N. The molecule has 0 aliphatic carbocycles. The van der Waals surface area contributed by atoms with E-state index in [0.29, 0.717) is 17.5 Å². The van der Waals surface area contributed by atoms with E-state index in [0.717, 1.165) is 11.3 Å². The predicted octanol–water partition coefficient (Wildman–Crippen LogP) is 1.53. The number of nitrogens with two attached hydrogens (primary N) is 1. The van der Waals surface area contributed by atoms with Gasteiger partial charge in [-0.25, -0.2) is 4.98 Å². The van der Waals surface area contributed by atoms with Gasteiger partial charge < -0.3 is 5.73 Å². The minimum atomic E-state index is 0.418. The van der Waals surface area contributed by atoms with Crippen molar-refractivity contribution in [2.45, 2.75) is 17.9 Å². The van der Waals surface area contributed by atoms with E-state index >= 15 is 0 Å². The molecule has 0 aromatic carbocycles. The van der Waals surface area contributed by atoms with Gasteiger partial charge in [0.05, 0.1) is 0 Å². The Bertz CT molecular complexity index is 332. The maximum atomic E-state index is 8.79. The molecule has 3 nitrogen and oxygen atoms in total. The van der Waals surface area contributed by atoms with E-state index in [2.05, 4.69) is 18.0 Å². The van der Waals surface area contributed by atoms with Crippen LogP contribution in [0.1, 0.15) is 18.2 Å². The predicted molar refractivity (Wildman–Crippen MR) is 58.8 cm³/mol. The van der Waals surface area contributed by atoms with Crippen LogP contribution in [0, 0.1) is 11.3 Å². The summed E-state index contributed by atoms with van der Waals surface area (Å²) in [6, 6.07) is 5.86. The Kier molecular flexibility index (Phi) is 4.44. The first-order valence-electron chi connectivity index (χ1n) is 4.43. The molecule has 1 rings (SSSR count). The topological polar surface area (TPSA) is 62.7 Å². The summed E-state index contributed by atoms with van der Waals surface area (Å²) in [6.45, 7) is 2.74. The van der Waals surface area contributed by atoms with Crippen LogP contribution in [0.4, 0.5) is 0 Å². The fourth-order valence-corrected chi connectivity index (χ4v) is 1.79. The van der Waals surface area contributed by atoms with Crippen molar-refractivity contribution in [1.29, 1.82) is 5.26 Å². The highest BCUT2D eigenvalue weighted by atomic mass is 32.2. The first-order valence-corrected chi connectivity index (χ1v) is 5.48. The largest absolute Gasteiger partial charge is 0.329 e. The van der Waals surface area contributed by atoms with E-state index in [9.17, 15) is 0 Å². The summed E-state index contributed by atoms with van der Waals surface area (Å²) >= 11 is 1.74. The van der Waals surface area contributed by atoms with Crippen LogP contribution in [0.2, 0.25) is 0 Å². The molecule has 1 aromatic rings. The van der Waals surface area contributed by atoms with Gasteiger partial charge in [-0.15, -0.1) is 0 Å². The van der Waals surface area contributed by atoms with Crippen LogP contribution in [0.5, 0.6) is 0 Å². The summed E-state index contributed by atoms with van der Waals surface area (Å²) in [7, 11) is 0. The zero-order chi connectivity index (χ0) is 10.4. The summed E-state index contributed by atoms with van der Waals surface area (Å²) in [5.41, 5.74) is 7.01. The first-order chi connectivity index (χ1) is 6.77. The molecule has 0 spiro atoms. The molecule has 0 aliphatic rings. The molecule has 1 unspecified atom stereocenters. The fourth-order valence-electron chi connectivity index (χ4n) is 0.956. The molecule has 1 heterocycles. The van der Waals surface area contributed by atoms with Crippen molar-refractivity contribution in [2.24, 2.45) is 5.73 Å². The minimum absolute atomic E-state index is 0.418. The summed E-state index contributed by atoms with van der Waals surface area (Å²) in [5, 5.41) is 9.21. The maximum Gasteiger partial charge on any atom is 0.144 e. The van der Waals surface area contributed by atoms with Crippen LogP contribution in [0.15, 0.2) is 18.3 Å². The zero-order valence-electron chi connectivity index (χ0n) is 8.10. The summed E-state index contributed by atoms with van der Waals surface area (Å²) in [6.07, 6.45) is 1.64. The molecular weight excluding hydrogens is 194 g/mol. The van der Waals surface area contributed by atoms with Crippen LogP contribution in [-0.2, 0) is 5.75 Å². The molecule has 0 fully saturated rings. The van der Waals surface area contributed by atoms with Crippen molar-refractivity contribution >= 4 is 11.8 Å². The fraction of sp³-hybridized carbons (Fsp3) is 0.400. The van der Waals surface area contributed by atoms with E-state index < -0.39 is 0 Å². The van der Waals surface area contributed by atoms with Crippen LogP contribution in [0.25, 0.3) is 0 Å². The maximum absolute atomic E-state index is 8.79. The van der Waals surface area contributed by atoms with E-state index in [4.69, 9.17) is 11.0 Å². The highest BCUT2D eigenvalue weighted by molar-refractivity contribution is 7.99. The van der Waals surface area contributed by atoms with Crippen LogP contribution >= 0.6 is 11.8 Å². The van der Waals surface area contributed by atoms with Crippen molar-refractivity contribution in [3.8, 4) is 6.07 Å². The quantitative estimate of drug-likeness (QED) is 0.813. The van der Waals surface area contributed by atoms with Crippen molar-refractivity contribution in [3.05, 3.63) is 29.6 Å². The Morgan fingerprint density at radius 1 is 1.71 bits per heavy atom. The molecular formula is C10H13N3S. The van der Waals surface area contributed by atoms with Crippen LogP contribution < -0.4 is 5.73 Å². The number of nitriles is 1. The Morgan fingerprint density at radius 2 is 2.50 bits per heavy atom. The lowest BCUT2D eigenvalue weighted by molar-refractivity contribution is 0.950. The summed E-state index contributed by atoms with van der Waals surface area (Å²) < 4.78 is 0. The number of hydrogen-bond donors (Lipinski definition) is 1. The van der Waals surface area contributed by atoms with Gasteiger partial charge in [-0.2, -0.15) is 17.0 Å². The smallest absolute Gasteiger partial charge is 0.144 e. The second-order valence-corrected chi connectivity index (χ2v) is 4.41. The Labute approximate surface area is 88.3 Å². The molecule has 14 heavy (non-hydrogen) atoms. The number of thioether (sulfide) groups is 1. The lowest BCUT2D eigenvalue weighted by Crippen LogP contribution is -2.12. The average molecular weight is 207 g/mol. The van der Waals surface area contributed by atoms with Gasteiger partial charge in [-0.05, 0) is 11.6 Å². The number of aromatic nitrogens is 1. The molecule has 2 N–H and O–H groups in total. The lowest BCUT2D eigenvalue weighted by Gasteiger charge is -2.08. The summed E-state index contributed by atoms with van der Waals surface area (Å²) in [5.74, 6) is 0.801. The van der Waals surface area contributed by atoms with Gasteiger partial charge in [0.1, 0.15) is 11.8 Å². The van der Waals surface area contributed by atoms with Gasteiger partial charge in [0.2, 0.25) is 0 Å². The highest BCUT2D eigenvalue weighted by Crippen LogP contribution is 2.18. The first kappa shape index (κ1) is 11.0. The van der Waals surface area contributed by atoms with E-state index in [1.165, 1.54) is 0 Å². The van der Waals surface area contributed by atoms with E-state index in [1.54, 1.807) is 18.0 Å². The van der Waals surface area contributed by atoms with Gasteiger partial charge in [0.15, 0.2) is 0 Å². The van der Waals surface area contributed by atoms with E-state index in [1.807, 2.05) is 12.1 Å². The normalized spacial score (nSPS) is 12.1. The minimum Gasteiger partial charge on any atom is -0.329 e. The zero-order valence-corrected chi connectivity index (χ0v) is 8.92. The monoisotopic (exact) mass is 207 g/mol. The number of pyridine rings is 1. The highest BCUT2D eigenvalue weighted by Gasteiger charge is 2.04. The molecule has 1 aromatic heterocycles. The third kappa shape index (κ3) is 3.02. The van der Waals surface area contributed by atoms with Crippen molar-refractivity contribution in [2.75, 3.05) is 6.54 Å². The molecule has 0 saturated heterocycles. The molecule has 0 saturated carbocycles. The second kappa shape index (κ2) is 5.63. The van der Waals surface area contributed by atoms with Crippen LogP contribution in [0.3, 0.4) is 0 Å².